The zero-order valence-electron chi connectivity index (χ0n) is 12.0. The third kappa shape index (κ3) is 1.59. The van der Waals surface area contributed by atoms with E-state index in [9.17, 15) is 9.59 Å². The van der Waals surface area contributed by atoms with Crippen LogP contribution in [0.4, 0.5) is 0 Å². The zero-order chi connectivity index (χ0) is 14.6. The molecule has 110 valence electrons. The van der Waals surface area contributed by atoms with Crippen molar-refractivity contribution in [2.45, 2.75) is 13.0 Å². The molecule has 4 nitrogen and oxygen atoms in total. The lowest BCUT2D eigenvalue weighted by atomic mass is 9.79. The lowest BCUT2D eigenvalue weighted by Gasteiger charge is -2.29. The Labute approximate surface area is 123 Å². The van der Waals surface area contributed by atoms with Crippen LogP contribution in [-0.4, -0.2) is 25.5 Å². The Morgan fingerprint density at radius 3 is 2.62 bits per heavy atom. The van der Waals surface area contributed by atoms with E-state index >= 15 is 0 Å². The molecule has 4 fully saturated rings. The van der Waals surface area contributed by atoms with E-state index in [0.29, 0.717) is 19.1 Å². The summed E-state index contributed by atoms with van der Waals surface area (Å²) < 4.78 is 10.8. The minimum absolute atomic E-state index is 0.106. The first-order valence-corrected chi connectivity index (χ1v) is 7.44. The largest absolute Gasteiger partial charge is 0.468 e. The van der Waals surface area contributed by atoms with E-state index in [2.05, 4.69) is 0 Å². The van der Waals surface area contributed by atoms with Crippen molar-refractivity contribution in [1.82, 2.24) is 0 Å². The fourth-order valence-electron chi connectivity index (χ4n) is 4.71. The van der Waals surface area contributed by atoms with Gasteiger partial charge in [0.1, 0.15) is 11.2 Å². The molecule has 4 heteroatoms. The number of hydrogen-bond acceptors (Lipinski definition) is 4. The van der Waals surface area contributed by atoms with Gasteiger partial charge in [-0.15, -0.1) is 0 Å². The van der Waals surface area contributed by atoms with Gasteiger partial charge in [0.2, 0.25) is 0 Å². The van der Waals surface area contributed by atoms with Crippen molar-refractivity contribution in [3.8, 4) is 0 Å². The summed E-state index contributed by atoms with van der Waals surface area (Å²) >= 11 is 0. The van der Waals surface area contributed by atoms with Crippen molar-refractivity contribution in [3.05, 3.63) is 35.9 Å². The number of carbonyl (C=O) groups is 2. The van der Waals surface area contributed by atoms with E-state index < -0.39 is 5.41 Å². The van der Waals surface area contributed by atoms with Crippen LogP contribution in [0, 0.1) is 29.1 Å². The minimum atomic E-state index is -0.712. The summed E-state index contributed by atoms with van der Waals surface area (Å²) in [4.78, 5) is 24.5. The molecule has 0 saturated heterocycles. The van der Waals surface area contributed by atoms with Crippen molar-refractivity contribution >= 4 is 11.8 Å². The molecule has 4 bridgehead atoms. The van der Waals surface area contributed by atoms with Crippen molar-refractivity contribution in [2.24, 2.45) is 29.1 Å². The van der Waals surface area contributed by atoms with Gasteiger partial charge in [0.15, 0.2) is 0 Å². The van der Waals surface area contributed by atoms with E-state index in [1.165, 1.54) is 7.11 Å². The molecular formula is C17H18O4. The molecule has 0 aliphatic heterocycles. The lowest BCUT2D eigenvalue weighted by molar-refractivity contribution is -0.162. The summed E-state index contributed by atoms with van der Waals surface area (Å²) in [6.45, 7) is 0.755. The Morgan fingerprint density at radius 2 is 2.10 bits per heavy atom. The van der Waals surface area contributed by atoms with Gasteiger partial charge in [-0.05, 0) is 23.8 Å². The molecular weight excluding hydrogens is 268 g/mol. The first-order chi connectivity index (χ1) is 10.2. The van der Waals surface area contributed by atoms with Gasteiger partial charge in [0.25, 0.3) is 0 Å². The summed E-state index contributed by atoms with van der Waals surface area (Å²) in [5.41, 5.74) is 0.359. The number of hydrogen-bond donors (Lipinski definition) is 0. The van der Waals surface area contributed by atoms with Gasteiger partial charge in [-0.3, -0.25) is 9.59 Å². The molecule has 0 aromatic heterocycles. The van der Waals surface area contributed by atoms with Crippen LogP contribution in [-0.2, 0) is 25.7 Å². The molecule has 0 amide bonds. The number of benzene rings is 1. The van der Waals surface area contributed by atoms with E-state index in [1.54, 1.807) is 0 Å². The molecule has 5 atom stereocenters. The Bertz CT molecular complexity index is 596. The number of methoxy groups -OCH3 is 1. The normalized spacial score (nSPS) is 38.6. The molecule has 1 aromatic rings. The minimum Gasteiger partial charge on any atom is -0.468 e. The molecule has 4 saturated carbocycles. The Balaban J connectivity index is 1.51. The van der Waals surface area contributed by atoms with Crippen LogP contribution in [0.1, 0.15) is 12.0 Å². The van der Waals surface area contributed by atoms with Crippen LogP contribution in [0.3, 0.4) is 0 Å². The highest BCUT2D eigenvalue weighted by Gasteiger charge is 2.83. The van der Waals surface area contributed by atoms with Crippen LogP contribution < -0.4 is 0 Å². The number of ether oxygens (including phenoxy) is 2. The predicted molar refractivity (Wildman–Crippen MR) is 74.1 cm³/mol. The predicted octanol–water partition coefficient (Wildman–Crippen LogP) is 1.83. The van der Waals surface area contributed by atoms with E-state index in [-0.39, 0.29) is 29.5 Å². The highest BCUT2D eigenvalue weighted by atomic mass is 16.5. The van der Waals surface area contributed by atoms with Crippen LogP contribution in [0.25, 0.3) is 0 Å². The second-order valence-corrected chi connectivity index (χ2v) is 6.42. The van der Waals surface area contributed by atoms with E-state index in [0.717, 1.165) is 12.0 Å². The third-order valence-electron chi connectivity index (χ3n) is 5.58. The standard InChI is InChI=1S/C17H18O4/c1-20-16(19)17(9-21-8-10-5-3-2-4-6-10)12-7-11-13(14(11)17)15(12)18/h2-6,11-14H,7-9H2,1H3. The average Bonchev–Trinajstić information content (AvgIpc) is 2.89. The molecule has 0 spiro atoms. The van der Waals surface area contributed by atoms with Crippen LogP contribution in [0.5, 0.6) is 0 Å². The van der Waals surface area contributed by atoms with Crippen molar-refractivity contribution in [2.75, 3.05) is 13.7 Å². The van der Waals surface area contributed by atoms with Crippen molar-refractivity contribution in [1.29, 1.82) is 0 Å². The number of esters is 1. The van der Waals surface area contributed by atoms with E-state index in [4.69, 9.17) is 9.47 Å². The molecule has 0 radical (unpaired) electrons. The zero-order valence-corrected chi connectivity index (χ0v) is 12.0. The quantitative estimate of drug-likeness (QED) is 0.775. The molecule has 0 heterocycles. The van der Waals surface area contributed by atoms with Crippen LogP contribution in [0.2, 0.25) is 0 Å². The van der Waals surface area contributed by atoms with Gasteiger partial charge in [-0.2, -0.15) is 0 Å². The SMILES string of the molecule is COC(=O)C1(COCc2ccccc2)C2CC3C(C2=O)C31. The van der Waals surface area contributed by atoms with Crippen molar-refractivity contribution in [3.63, 3.8) is 0 Å². The fourth-order valence-corrected chi connectivity index (χ4v) is 4.71. The molecule has 5 unspecified atom stereocenters. The molecule has 1 aromatic carbocycles. The van der Waals surface area contributed by atoms with Crippen LogP contribution in [0.15, 0.2) is 30.3 Å². The van der Waals surface area contributed by atoms with E-state index in [1.807, 2.05) is 30.3 Å². The van der Waals surface area contributed by atoms with Gasteiger partial charge in [-0.1, -0.05) is 30.3 Å². The highest BCUT2D eigenvalue weighted by molar-refractivity contribution is 6.01. The maximum Gasteiger partial charge on any atom is 0.315 e. The first kappa shape index (κ1) is 13.0. The Kier molecular flexibility index (Phi) is 2.73. The lowest BCUT2D eigenvalue weighted by Crippen LogP contribution is -2.42. The maximum atomic E-state index is 12.3. The molecule has 5 rings (SSSR count). The number of ketones is 1. The van der Waals surface area contributed by atoms with Crippen molar-refractivity contribution < 1.29 is 19.1 Å². The first-order valence-electron chi connectivity index (χ1n) is 7.44. The summed E-state index contributed by atoms with van der Waals surface area (Å²) in [7, 11) is 1.40. The van der Waals surface area contributed by atoms with Gasteiger partial charge >= 0.3 is 5.97 Å². The monoisotopic (exact) mass is 286 g/mol. The van der Waals surface area contributed by atoms with Gasteiger partial charge < -0.3 is 9.47 Å². The molecule has 4 aliphatic carbocycles. The highest BCUT2D eigenvalue weighted by Crippen LogP contribution is 2.76. The summed E-state index contributed by atoms with van der Waals surface area (Å²) in [6.07, 6.45) is 0.845. The smallest absolute Gasteiger partial charge is 0.315 e. The fraction of sp³-hybridized carbons (Fsp3) is 0.529. The topological polar surface area (TPSA) is 52.6 Å². The second-order valence-electron chi connectivity index (χ2n) is 6.42. The molecule has 0 N–H and O–H groups in total. The maximum absolute atomic E-state index is 12.3. The van der Waals surface area contributed by atoms with Crippen LogP contribution >= 0.6 is 0 Å². The number of Topliss-reactive ketones (excluding diaryl/α,β-unsaturated/α-hetero) is 1. The van der Waals surface area contributed by atoms with Gasteiger partial charge in [0, 0.05) is 11.8 Å². The second kappa shape index (κ2) is 4.41. The average molecular weight is 286 g/mol. The van der Waals surface area contributed by atoms with Gasteiger partial charge in [-0.25, -0.2) is 0 Å². The summed E-state index contributed by atoms with van der Waals surface area (Å²) in [5, 5.41) is 0. The Hall–Kier alpha value is -1.68. The molecule has 4 aliphatic rings. The number of carbonyl (C=O) groups excluding carboxylic acids is 2. The summed E-state index contributed by atoms with van der Waals surface area (Å²) in [5.74, 6) is 0.496. The van der Waals surface area contributed by atoms with Gasteiger partial charge in [0.05, 0.1) is 20.3 Å². The number of rotatable bonds is 5. The Morgan fingerprint density at radius 1 is 1.33 bits per heavy atom. The third-order valence-corrected chi connectivity index (χ3v) is 5.58. The molecule has 21 heavy (non-hydrogen) atoms. The summed E-state index contributed by atoms with van der Waals surface area (Å²) in [6, 6.07) is 9.86.